The van der Waals surface area contributed by atoms with Gasteiger partial charge in [0.2, 0.25) is 0 Å². The van der Waals surface area contributed by atoms with E-state index in [-0.39, 0.29) is 0 Å². The number of nitrogens with zero attached hydrogens (tertiary/aromatic N) is 2. The molecular weight excluding hydrogens is 511 g/mol. The van der Waals surface area contributed by atoms with Gasteiger partial charge in [-0.2, -0.15) is 5.10 Å². The monoisotopic (exact) mass is 520 g/mol. The third kappa shape index (κ3) is 3.99. The van der Waals surface area contributed by atoms with Crippen molar-refractivity contribution in [2.75, 3.05) is 0 Å². The Kier molecular flexibility index (Phi) is 5.42. The summed E-state index contributed by atoms with van der Waals surface area (Å²) >= 11 is 19.6. The Morgan fingerprint density at radius 2 is 1.30 bits per heavy atom. The lowest BCUT2D eigenvalue weighted by Gasteiger charge is -2.10. The van der Waals surface area contributed by atoms with Crippen LogP contribution >= 0.6 is 55.1 Å². The summed E-state index contributed by atoms with van der Waals surface area (Å²) in [5.41, 5.74) is 4.59. The van der Waals surface area contributed by atoms with Gasteiger partial charge in [-0.05, 0) is 48.5 Å². The maximum atomic E-state index is 6.46. The Bertz CT molecular complexity index is 1100. The van der Waals surface area contributed by atoms with Gasteiger partial charge in [-0.25, -0.2) is 4.68 Å². The van der Waals surface area contributed by atoms with Crippen LogP contribution in [0.1, 0.15) is 0 Å². The van der Waals surface area contributed by atoms with Gasteiger partial charge in [0.05, 0.1) is 22.1 Å². The first-order valence-corrected chi connectivity index (χ1v) is 10.4. The summed E-state index contributed by atoms with van der Waals surface area (Å²) in [7, 11) is 0. The van der Waals surface area contributed by atoms with Crippen molar-refractivity contribution in [2.45, 2.75) is 0 Å². The van der Waals surface area contributed by atoms with Gasteiger partial charge in [0, 0.05) is 25.1 Å². The molecule has 1 heterocycles. The molecule has 4 rings (SSSR count). The summed E-state index contributed by atoms with van der Waals surface area (Å²) in [6.07, 6.45) is 0. The average Bonchev–Trinajstić information content (AvgIpc) is 3.10. The second-order valence-corrected chi connectivity index (χ2v) is 8.61. The Hall–Kier alpha value is -1.59. The minimum Gasteiger partial charge on any atom is -0.231 e. The Labute approximate surface area is 184 Å². The van der Waals surface area contributed by atoms with Crippen LogP contribution in [-0.2, 0) is 0 Å². The van der Waals surface area contributed by atoms with Gasteiger partial charge in [-0.1, -0.05) is 79.3 Å². The minimum atomic E-state index is 0.586. The standard InChI is InChI=1S/C21H12Br2Cl2N2/c22-15-5-1-13(2-6-15)19-12-20(14-3-7-16(23)8-4-14)27(26-19)21-11-17(24)9-10-18(21)25/h1-12H. The van der Waals surface area contributed by atoms with E-state index in [1.165, 1.54) is 0 Å². The predicted octanol–water partition coefficient (Wildman–Crippen LogP) is 8.04. The van der Waals surface area contributed by atoms with E-state index in [2.05, 4.69) is 37.9 Å². The normalized spacial score (nSPS) is 11.0. The highest BCUT2D eigenvalue weighted by Gasteiger charge is 2.15. The maximum Gasteiger partial charge on any atom is 0.0934 e. The fourth-order valence-electron chi connectivity index (χ4n) is 2.80. The van der Waals surface area contributed by atoms with E-state index in [0.29, 0.717) is 10.0 Å². The minimum absolute atomic E-state index is 0.586. The molecule has 0 radical (unpaired) electrons. The molecule has 0 aliphatic rings. The molecule has 0 atom stereocenters. The number of hydrogen-bond acceptors (Lipinski definition) is 1. The van der Waals surface area contributed by atoms with E-state index in [9.17, 15) is 0 Å². The summed E-state index contributed by atoms with van der Waals surface area (Å²) in [5, 5.41) is 6.02. The van der Waals surface area contributed by atoms with Gasteiger partial charge in [0.15, 0.2) is 0 Å². The topological polar surface area (TPSA) is 17.8 Å². The Morgan fingerprint density at radius 1 is 0.704 bits per heavy atom. The van der Waals surface area contributed by atoms with E-state index in [4.69, 9.17) is 28.3 Å². The molecule has 0 unspecified atom stereocenters. The number of aromatic nitrogens is 2. The molecule has 0 saturated carbocycles. The number of rotatable bonds is 3. The van der Waals surface area contributed by atoms with Crippen molar-refractivity contribution in [3.05, 3.63) is 91.8 Å². The first-order chi connectivity index (χ1) is 13.0. The van der Waals surface area contributed by atoms with E-state index in [0.717, 1.165) is 37.1 Å². The van der Waals surface area contributed by atoms with Crippen LogP contribution in [0.2, 0.25) is 10.0 Å². The zero-order chi connectivity index (χ0) is 19.0. The third-order valence-corrected chi connectivity index (χ3v) is 5.74. The maximum absolute atomic E-state index is 6.46. The van der Waals surface area contributed by atoms with Crippen molar-refractivity contribution in [3.63, 3.8) is 0 Å². The predicted molar refractivity (Wildman–Crippen MR) is 120 cm³/mol. The molecule has 3 aromatic carbocycles. The van der Waals surface area contributed by atoms with Crippen LogP contribution in [0.4, 0.5) is 0 Å². The van der Waals surface area contributed by atoms with Crippen molar-refractivity contribution in [1.82, 2.24) is 9.78 Å². The van der Waals surface area contributed by atoms with E-state index >= 15 is 0 Å². The quantitative estimate of drug-likeness (QED) is 0.266. The van der Waals surface area contributed by atoms with Gasteiger partial charge < -0.3 is 0 Å². The lowest BCUT2D eigenvalue weighted by Crippen LogP contribution is -2.00. The van der Waals surface area contributed by atoms with Crippen molar-refractivity contribution >= 4 is 55.1 Å². The molecule has 0 fully saturated rings. The molecule has 0 bridgehead atoms. The van der Waals surface area contributed by atoms with Gasteiger partial charge in [0.1, 0.15) is 0 Å². The van der Waals surface area contributed by atoms with E-state index in [1.807, 2.05) is 59.3 Å². The van der Waals surface area contributed by atoms with Crippen LogP contribution in [0.3, 0.4) is 0 Å². The second-order valence-electron chi connectivity index (χ2n) is 5.94. The van der Waals surface area contributed by atoms with E-state index < -0.39 is 0 Å². The molecular formula is C21H12Br2Cl2N2. The smallest absolute Gasteiger partial charge is 0.0934 e. The molecule has 6 heteroatoms. The first-order valence-electron chi connectivity index (χ1n) is 8.08. The highest BCUT2D eigenvalue weighted by Crippen LogP contribution is 2.33. The van der Waals surface area contributed by atoms with Crippen molar-refractivity contribution in [1.29, 1.82) is 0 Å². The molecule has 0 N–H and O–H groups in total. The fourth-order valence-corrected chi connectivity index (χ4v) is 3.69. The van der Waals surface area contributed by atoms with Crippen LogP contribution < -0.4 is 0 Å². The number of hydrogen-bond donors (Lipinski definition) is 0. The molecule has 0 saturated heterocycles. The van der Waals surface area contributed by atoms with Gasteiger partial charge in [-0.15, -0.1) is 0 Å². The molecule has 0 aliphatic heterocycles. The Morgan fingerprint density at radius 3 is 1.93 bits per heavy atom. The van der Waals surface area contributed by atoms with E-state index in [1.54, 1.807) is 12.1 Å². The summed E-state index contributed by atoms with van der Waals surface area (Å²) in [6, 6.07) is 23.6. The molecule has 134 valence electrons. The summed E-state index contributed by atoms with van der Waals surface area (Å²) in [6.45, 7) is 0. The second kappa shape index (κ2) is 7.80. The van der Waals surface area contributed by atoms with Crippen molar-refractivity contribution < 1.29 is 0 Å². The molecule has 0 amide bonds. The zero-order valence-electron chi connectivity index (χ0n) is 13.8. The largest absolute Gasteiger partial charge is 0.231 e. The van der Waals surface area contributed by atoms with Crippen LogP contribution in [0.25, 0.3) is 28.2 Å². The van der Waals surface area contributed by atoms with Crippen LogP contribution in [0, 0.1) is 0 Å². The summed E-state index contributed by atoms with van der Waals surface area (Å²) in [4.78, 5) is 0. The van der Waals surface area contributed by atoms with Gasteiger partial charge in [0.25, 0.3) is 0 Å². The molecule has 0 spiro atoms. The molecule has 2 nitrogen and oxygen atoms in total. The van der Waals surface area contributed by atoms with Gasteiger partial charge >= 0.3 is 0 Å². The number of halogens is 4. The highest BCUT2D eigenvalue weighted by atomic mass is 79.9. The van der Waals surface area contributed by atoms with Crippen LogP contribution in [-0.4, -0.2) is 9.78 Å². The molecule has 0 aliphatic carbocycles. The summed E-state index contributed by atoms with van der Waals surface area (Å²) in [5.74, 6) is 0. The zero-order valence-corrected chi connectivity index (χ0v) is 18.5. The van der Waals surface area contributed by atoms with Gasteiger partial charge in [-0.3, -0.25) is 0 Å². The lowest BCUT2D eigenvalue weighted by molar-refractivity contribution is 0.892. The number of benzene rings is 3. The third-order valence-electron chi connectivity index (χ3n) is 4.13. The van der Waals surface area contributed by atoms with Crippen molar-refractivity contribution in [3.8, 4) is 28.2 Å². The SMILES string of the molecule is Clc1ccc(Cl)c(-n2nc(-c3ccc(Br)cc3)cc2-c2ccc(Br)cc2)c1. The molecule has 27 heavy (non-hydrogen) atoms. The highest BCUT2D eigenvalue weighted by molar-refractivity contribution is 9.10. The van der Waals surface area contributed by atoms with Crippen molar-refractivity contribution in [2.24, 2.45) is 0 Å². The fraction of sp³-hybridized carbons (Fsp3) is 0. The Balaban J connectivity index is 1.93. The van der Waals surface area contributed by atoms with Crippen LogP contribution in [0.15, 0.2) is 81.7 Å². The first kappa shape index (κ1) is 18.8. The van der Waals surface area contributed by atoms with Crippen LogP contribution in [0.5, 0.6) is 0 Å². The summed E-state index contributed by atoms with van der Waals surface area (Å²) < 4.78 is 3.89. The molecule has 4 aromatic rings. The molecule has 1 aromatic heterocycles. The lowest BCUT2D eigenvalue weighted by atomic mass is 10.1. The average molecular weight is 523 g/mol.